The fourth-order valence-electron chi connectivity index (χ4n) is 1.05. The highest BCUT2D eigenvalue weighted by atomic mass is 79.9. The maximum atomic E-state index is 5.60. The zero-order chi connectivity index (χ0) is 10.7. The van der Waals surface area contributed by atoms with Crippen molar-refractivity contribution >= 4 is 39.3 Å². The van der Waals surface area contributed by atoms with E-state index in [0.717, 1.165) is 16.0 Å². The Balaban J connectivity index is 1.99. The number of benzene rings is 1. The average molecular weight is 305 g/mol. The standard InChI is InChI=1S/C9H7BrClN3S/c10-6-2-1-3-7(4-6)15-5-8-12-9(11)14-13-8/h1-4H,5H2,(H,12,13,14). The number of hydrogen-bond acceptors (Lipinski definition) is 3. The van der Waals surface area contributed by atoms with Crippen LogP contribution < -0.4 is 0 Å². The van der Waals surface area contributed by atoms with Crippen LogP contribution in [0.25, 0.3) is 0 Å². The first-order valence-electron chi connectivity index (χ1n) is 4.19. The maximum absolute atomic E-state index is 5.60. The van der Waals surface area contributed by atoms with Crippen LogP contribution in [0.4, 0.5) is 0 Å². The van der Waals surface area contributed by atoms with Crippen LogP contribution in [0.1, 0.15) is 5.82 Å². The number of rotatable bonds is 3. The number of hydrogen-bond donors (Lipinski definition) is 1. The van der Waals surface area contributed by atoms with Crippen molar-refractivity contribution in [1.82, 2.24) is 15.2 Å². The van der Waals surface area contributed by atoms with Crippen LogP contribution in [-0.2, 0) is 5.75 Å². The molecule has 1 aromatic heterocycles. The molecule has 0 radical (unpaired) electrons. The van der Waals surface area contributed by atoms with Crippen molar-refractivity contribution in [2.75, 3.05) is 0 Å². The third-order valence-electron chi connectivity index (χ3n) is 1.68. The normalized spacial score (nSPS) is 10.5. The first kappa shape index (κ1) is 11.0. The van der Waals surface area contributed by atoms with E-state index in [1.807, 2.05) is 18.2 Å². The predicted octanol–water partition coefficient (Wildman–Crippen LogP) is 3.51. The Bertz CT molecular complexity index is 460. The highest BCUT2D eigenvalue weighted by Gasteiger charge is 2.01. The summed E-state index contributed by atoms with van der Waals surface area (Å²) < 4.78 is 1.07. The van der Waals surface area contributed by atoms with Gasteiger partial charge in [-0.2, -0.15) is 0 Å². The van der Waals surface area contributed by atoms with Crippen molar-refractivity contribution < 1.29 is 0 Å². The molecule has 1 heterocycles. The summed E-state index contributed by atoms with van der Waals surface area (Å²) in [5, 5.41) is 6.78. The number of aromatic amines is 1. The summed E-state index contributed by atoms with van der Waals surface area (Å²) in [5.74, 6) is 1.51. The molecule has 0 atom stereocenters. The van der Waals surface area contributed by atoms with Crippen molar-refractivity contribution in [1.29, 1.82) is 0 Å². The van der Waals surface area contributed by atoms with Gasteiger partial charge in [-0.3, -0.25) is 5.10 Å². The fraction of sp³-hybridized carbons (Fsp3) is 0.111. The monoisotopic (exact) mass is 303 g/mol. The van der Waals surface area contributed by atoms with E-state index in [1.54, 1.807) is 11.8 Å². The first-order chi connectivity index (χ1) is 7.24. The van der Waals surface area contributed by atoms with E-state index in [0.29, 0.717) is 0 Å². The molecule has 0 saturated carbocycles. The lowest BCUT2D eigenvalue weighted by atomic mass is 10.4. The van der Waals surface area contributed by atoms with Crippen molar-refractivity contribution in [2.24, 2.45) is 0 Å². The molecule has 0 amide bonds. The highest BCUT2D eigenvalue weighted by molar-refractivity contribution is 9.10. The van der Waals surface area contributed by atoms with Crippen LogP contribution in [0.5, 0.6) is 0 Å². The van der Waals surface area contributed by atoms with Crippen molar-refractivity contribution in [2.45, 2.75) is 10.6 Å². The molecule has 0 aliphatic heterocycles. The molecular weight excluding hydrogens is 298 g/mol. The molecule has 6 heteroatoms. The van der Waals surface area contributed by atoms with Gasteiger partial charge in [0.2, 0.25) is 5.28 Å². The number of nitrogens with zero attached hydrogens (tertiary/aromatic N) is 2. The summed E-state index contributed by atoms with van der Waals surface area (Å²) in [5.41, 5.74) is 0. The van der Waals surface area contributed by atoms with Gasteiger partial charge in [0.25, 0.3) is 0 Å². The van der Waals surface area contributed by atoms with Gasteiger partial charge in [0.05, 0.1) is 5.75 Å². The second-order valence-electron chi connectivity index (χ2n) is 2.80. The second kappa shape index (κ2) is 5.01. The summed E-state index contributed by atoms with van der Waals surface area (Å²) in [6.45, 7) is 0. The van der Waals surface area contributed by atoms with Gasteiger partial charge in [-0.25, -0.2) is 4.98 Å². The molecule has 3 nitrogen and oxygen atoms in total. The molecular formula is C9H7BrClN3S. The average Bonchev–Trinajstić information content (AvgIpc) is 2.62. The van der Waals surface area contributed by atoms with Gasteiger partial charge >= 0.3 is 0 Å². The summed E-state index contributed by atoms with van der Waals surface area (Å²) in [6.07, 6.45) is 0. The Kier molecular flexibility index (Phi) is 3.66. The van der Waals surface area contributed by atoms with E-state index in [1.165, 1.54) is 4.90 Å². The molecule has 0 saturated heterocycles. The molecule has 15 heavy (non-hydrogen) atoms. The lowest BCUT2D eigenvalue weighted by Gasteiger charge is -1.99. The molecule has 0 bridgehead atoms. The van der Waals surface area contributed by atoms with E-state index in [4.69, 9.17) is 11.6 Å². The molecule has 0 fully saturated rings. The number of nitrogens with one attached hydrogen (secondary N) is 1. The number of H-pyrrole nitrogens is 1. The third kappa shape index (κ3) is 3.22. The van der Waals surface area contributed by atoms with Crippen molar-refractivity contribution in [3.8, 4) is 0 Å². The van der Waals surface area contributed by atoms with Gasteiger partial charge in [-0.1, -0.05) is 22.0 Å². The Morgan fingerprint density at radius 1 is 1.47 bits per heavy atom. The predicted molar refractivity (Wildman–Crippen MR) is 65.1 cm³/mol. The van der Waals surface area contributed by atoms with Crippen molar-refractivity contribution in [3.63, 3.8) is 0 Å². The Hall–Kier alpha value is -0.520. The van der Waals surface area contributed by atoms with Gasteiger partial charge in [-0.15, -0.1) is 16.9 Å². The smallest absolute Gasteiger partial charge is 0.242 e. The van der Waals surface area contributed by atoms with Crippen LogP contribution >= 0.6 is 39.3 Å². The highest BCUT2D eigenvalue weighted by Crippen LogP contribution is 2.24. The fourth-order valence-corrected chi connectivity index (χ4v) is 2.56. The van der Waals surface area contributed by atoms with E-state index < -0.39 is 0 Å². The largest absolute Gasteiger partial charge is 0.261 e. The second-order valence-corrected chi connectivity index (χ2v) is 5.10. The lowest BCUT2D eigenvalue weighted by molar-refractivity contribution is 1.02. The summed E-state index contributed by atoms with van der Waals surface area (Å²) in [6, 6.07) is 8.10. The summed E-state index contributed by atoms with van der Waals surface area (Å²) in [4.78, 5) is 5.19. The molecule has 1 aromatic carbocycles. The molecule has 2 rings (SSSR count). The van der Waals surface area contributed by atoms with Crippen LogP contribution in [0.15, 0.2) is 33.6 Å². The van der Waals surface area contributed by atoms with E-state index in [2.05, 4.69) is 37.2 Å². The minimum atomic E-state index is 0.264. The molecule has 1 N–H and O–H groups in total. The van der Waals surface area contributed by atoms with Crippen LogP contribution in [0.2, 0.25) is 5.28 Å². The zero-order valence-corrected chi connectivity index (χ0v) is 10.7. The maximum Gasteiger partial charge on any atom is 0.242 e. The van der Waals surface area contributed by atoms with E-state index >= 15 is 0 Å². The third-order valence-corrected chi connectivity index (χ3v) is 3.34. The summed E-state index contributed by atoms with van der Waals surface area (Å²) >= 11 is 10.7. The SMILES string of the molecule is Clc1n[nH]c(CSc2cccc(Br)c2)n1. The van der Waals surface area contributed by atoms with Crippen LogP contribution in [0, 0.1) is 0 Å². The number of thioether (sulfide) groups is 1. The molecule has 2 aromatic rings. The van der Waals surface area contributed by atoms with Gasteiger partial charge in [0.1, 0.15) is 5.82 Å². The minimum Gasteiger partial charge on any atom is -0.261 e. The quantitative estimate of drug-likeness (QED) is 0.882. The summed E-state index contributed by atoms with van der Waals surface area (Å²) in [7, 11) is 0. The molecule has 0 aliphatic rings. The van der Waals surface area contributed by atoms with Gasteiger partial charge in [0, 0.05) is 9.37 Å². The Morgan fingerprint density at radius 2 is 2.33 bits per heavy atom. The van der Waals surface area contributed by atoms with Crippen LogP contribution in [-0.4, -0.2) is 15.2 Å². The first-order valence-corrected chi connectivity index (χ1v) is 6.35. The van der Waals surface area contributed by atoms with E-state index in [-0.39, 0.29) is 5.28 Å². The van der Waals surface area contributed by atoms with Gasteiger partial charge < -0.3 is 0 Å². The lowest BCUT2D eigenvalue weighted by Crippen LogP contribution is -1.83. The van der Waals surface area contributed by atoms with Crippen LogP contribution in [0.3, 0.4) is 0 Å². The van der Waals surface area contributed by atoms with Gasteiger partial charge in [-0.05, 0) is 29.8 Å². The van der Waals surface area contributed by atoms with Crippen molar-refractivity contribution in [3.05, 3.63) is 39.8 Å². The van der Waals surface area contributed by atoms with Gasteiger partial charge in [0.15, 0.2) is 0 Å². The number of aromatic nitrogens is 3. The topological polar surface area (TPSA) is 41.6 Å². The minimum absolute atomic E-state index is 0.264. The molecule has 0 unspecified atom stereocenters. The molecule has 78 valence electrons. The van der Waals surface area contributed by atoms with E-state index in [9.17, 15) is 0 Å². The Morgan fingerprint density at radius 3 is 3.00 bits per heavy atom. The molecule has 0 aliphatic carbocycles. The zero-order valence-electron chi connectivity index (χ0n) is 7.58. The molecule has 0 spiro atoms. The number of halogens is 2. The Labute approximate surface area is 105 Å².